The van der Waals surface area contributed by atoms with Crippen LogP contribution in [0.25, 0.3) is 0 Å². The van der Waals surface area contributed by atoms with Crippen molar-refractivity contribution in [3.63, 3.8) is 0 Å². The highest BCUT2D eigenvalue weighted by Gasteiger charge is 1.90. The highest BCUT2D eigenvalue weighted by Crippen LogP contribution is 1.60. The molecule has 1 heterocycles. The van der Waals surface area contributed by atoms with Crippen molar-refractivity contribution in [2.45, 2.75) is 0 Å². The van der Waals surface area contributed by atoms with Gasteiger partial charge in [0.05, 0.1) is 0 Å². The summed E-state index contributed by atoms with van der Waals surface area (Å²) in [6.45, 7) is -2.32. The van der Waals surface area contributed by atoms with Gasteiger partial charge in [-0.05, 0) is 10.4 Å². The van der Waals surface area contributed by atoms with Crippen LogP contribution in [-0.2, 0) is 14.0 Å². The van der Waals surface area contributed by atoms with E-state index in [1.54, 1.807) is 7.05 Å². The number of aryl methyl sites for hydroxylation is 2. The molecule has 0 aliphatic carbocycles. The fourth-order valence-corrected chi connectivity index (χ4v) is 0.557. The van der Waals surface area contributed by atoms with Crippen molar-refractivity contribution in [1.82, 2.24) is 19.8 Å². The zero-order chi connectivity index (χ0) is 9.35. The smallest absolute Gasteiger partial charge is 0.240 e. The van der Waals surface area contributed by atoms with E-state index in [2.05, 4.69) is 15.4 Å². The van der Waals surface area contributed by atoms with E-state index in [-0.39, 0.29) is 5.62 Å². The van der Waals surface area contributed by atoms with Gasteiger partial charge in [0.1, 0.15) is 0 Å². The van der Waals surface area contributed by atoms with Crippen molar-refractivity contribution < 1.29 is 4.11 Å². The molecule has 0 unspecified atom stereocenters. The number of aromatic nitrogens is 4. The number of nitrogens with zero attached hydrogens (tertiary/aromatic N) is 5. The summed E-state index contributed by atoms with van der Waals surface area (Å²) in [5.41, 5.74) is 0.218. The molecule has 0 N–H and O–H groups in total. The minimum atomic E-state index is -2.32. The van der Waals surface area contributed by atoms with E-state index in [9.17, 15) is 0 Å². The minimum absolute atomic E-state index is 0.218. The van der Waals surface area contributed by atoms with E-state index in [4.69, 9.17) is 4.11 Å². The van der Waals surface area contributed by atoms with E-state index in [0.29, 0.717) is 0 Å². The summed E-state index contributed by atoms with van der Waals surface area (Å²) in [6.07, 6.45) is 0. The van der Waals surface area contributed by atoms with Gasteiger partial charge in [-0.15, -0.1) is 0 Å². The van der Waals surface area contributed by atoms with Gasteiger partial charge in [0.25, 0.3) is 0 Å². The van der Waals surface area contributed by atoms with Gasteiger partial charge in [-0.25, -0.2) is 9.36 Å². The summed E-state index contributed by atoms with van der Waals surface area (Å²) in [6, 6.07) is 0. The molecule has 1 aromatic heterocycles. The molecule has 5 nitrogen and oxygen atoms in total. The van der Waals surface area contributed by atoms with Crippen LogP contribution in [-0.4, -0.2) is 26.8 Å². The van der Waals surface area contributed by atoms with Crippen LogP contribution in [0.4, 0.5) is 0 Å². The molecule has 0 fully saturated rings. The molecule has 0 saturated carbocycles. The van der Waals surface area contributed by atoms with Gasteiger partial charge in [-0.2, -0.15) is 0 Å². The first-order valence-corrected chi connectivity index (χ1v) is 2.39. The number of rotatable bonds is 0. The lowest BCUT2D eigenvalue weighted by atomic mass is 11.0. The first kappa shape index (κ1) is 3.14. The molecule has 1 aromatic rings. The van der Waals surface area contributed by atoms with E-state index in [1.165, 1.54) is 11.7 Å². The van der Waals surface area contributed by atoms with Crippen LogP contribution in [0, 0.1) is 0 Å². The lowest BCUT2D eigenvalue weighted by molar-refractivity contribution is 0.681. The Labute approximate surface area is 56.8 Å². The third-order valence-corrected chi connectivity index (χ3v) is 0.942. The average Bonchev–Trinajstić information content (AvgIpc) is 2.29. The summed E-state index contributed by atoms with van der Waals surface area (Å²) < 4.78 is 23.2. The zero-order valence-electron chi connectivity index (χ0n) is 8.24. The summed E-state index contributed by atoms with van der Waals surface area (Å²) >= 11 is 0. The van der Waals surface area contributed by atoms with E-state index >= 15 is 0 Å². The van der Waals surface area contributed by atoms with Crippen molar-refractivity contribution in [2.24, 2.45) is 19.0 Å². The van der Waals surface area contributed by atoms with Crippen molar-refractivity contribution in [2.75, 3.05) is 7.05 Å². The van der Waals surface area contributed by atoms with Crippen LogP contribution < -0.4 is 5.62 Å². The number of tetrazole rings is 1. The quantitative estimate of drug-likeness (QED) is 0.437. The maximum Gasteiger partial charge on any atom is 0.240 e. The molecule has 50 valence electrons. The van der Waals surface area contributed by atoms with Gasteiger partial charge in [0, 0.05) is 25.2 Å². The Balaban J connectivity index is 3.37. The fraction of sp³-hybridized carbons (Fsp3) is 0.750. The molecule has 5 heteroatoms. The second kappa shape index (κ2) is 2.00. The molecule has 0 saturated heterocycles. The highest BCUT2D eigenvalue weighted by atomic mass is 15.6. The van der Waals surface area contributed by atoms with Crippen LogP contribution in [0.2, 0.25) is 0 Å². The topological polar surface area (TPSA) is 48.0 Å². The number of hydrogen-bond acceptors (Lipinski definition) is 3. The van der Waals surface area contributed by atoms with E-state index < -0.39 is 6.98 Å². The zero-order valence-corrected chi connectivity index (χ0v) is 5.24. The monoisotopic (exact) mass is 130 g/mol. The van der Waals surface area contributed by atoms with Crippen LogP contribution in [0.15, 0.2) is 4.99 Å². The first-order valence-electron chi connectivity index (χ1n) is 3.89. The van der Waals surface area contributed by atoms with Crippen molar-refractivity contribution in [1.29, 1.82) is 0 Å². The molecular formula is C4H9N5. The Bertz CT molecular complexity index is 331. The minimum Gasteiger partial charge on any atom is -0.253 e. The Kier molecular flexibility index (Phi) is 0.700. The lowest BCUT2D eigenvalue weighted by Gasteiger charge is -1.84. The van der Waals surface area contributed by atoms with Crippen LogP contribution in [0.1, 0.15) is 4.11 Å². The van der Waals surface area contributed by atoms with Gasteiger partial charge >= 0.3 is 0 Å². The molecule has 0 aliphatic rings. The predicted molar refractivity (Wildman–Crippen MR) is 31.5 cm³/mol. The molecular weight excluding hydrogens is 118 g/mol. The van der Waals surface area contributed by atoms with Crippen molar-refractivity contribution >= 4 is 0 Å². The molecule has 0 spiro atoms. The third kappa shape index (κ3) is 0.847. The SMILES string of the molecule is [2H]C([2H])([2H])n1nnn(C)c1=NC. The summed E-state index contributed by atoms with van der Waals surface area (Å²) in [5.74, 6) is 0. The van der Waals surface area contributed by atoms with E-state index in [1.807, 2.05) is 0 Å². The molecule has 0 bridgehead atoms. The Morgan fingerprint density at radius 3 is 2.67 bits per heavy atom. The Morgan fingerprint density at radius 2 is 2.22 bits per heavy atom. The summed E-state index contributed by atoms with van der Waals surface area (Å²) in [5, 5.41) is 6.96. The van der Waals surface area contributed by atoms with Gasteiger partial charge < -0.3 is 0 Å². The molecule has 0 aromatic carbocycles. The second-order valence-corrected chi connectivity index (χ2v) is 1.54. The summed E-state index contributed by atoms with van der Waals surface area (Å²) in [4.78, 5) is 3.74. The van der Waals surface area contributed by atoms with Crippen LogP contribution in [0.5, 0.6) is 0 Å². The maximum atomic E-state index is 7.05. The van der Waals surface area contributed by atoms with Gasteiger partial charge in [0.15, 0.2) is 0 Å². The van der Waals surface area contributed by atoms with Crippen LogP contribution >= 0.6 is 0 Å². The number of hydrogen-bond donors (Lipinski definition) is 0. The molecule has 0 amide bonds. The first-order chi connectivity index (χ1) is 5.46. The highest BCUT2D eigenvalue weighted by molar-refractivity contribution is 4.48. The normalized spacial score (nSPS) is 18.9. The predicted octanol–water partition coefficient (Wildman–Crippen LogP) is -1.32. The molecule has 0 aliphatic heterocycles. The molecule has 0 radical (unpaired) electrons. The average molecular weight is 130 g/mol. The standard InChI is InChI=1S/C4H9N5/c1-5-4-8(2)6-7-9(4)3/h1-3H3/i2D3. The van der Waals surface area contributed by atoms with Gasteiger partial charge in [-0.3, -0.25) is 4.99 Å². The second-order valence-electron chi connectivity index (χ2n) is 1.54. The largest absolute Gasteiger partial charge is 0.253 e. The lowest BCUT2D eigenvalue weighted by Crippen LogP contribution is -2.22. The fourth-order valence-electron chi connectivity index (χ4n) is 0.557. The molecule has 9 heavy (non-hydrogen) atoms. The maximum absolute atomic E-state index is 7.05. The van der Waals surface area contributed by atoms with Crippen molar-refractivity contribution in [3.05, 3.63) is 5.62 Å². The van der Waals surface area contributed by atoms with Crippen molar-refractivity contribution in [3.8, 4) is 0 Å². The van der Waals surface area contributed by atoms with Gasteiger partial charge in [-0.1, -0.05) is 0 Å². The summed E-state index contributed by atoms with van der Waals surface area (Å²) in [7, 11) is 3.07. The molecule has 0 atom stereocenters. The Morgan fingerprint density at radius 1 is 1.56 bits per heavy atom. The van der Waals surface area contributed by atoms with Crippen LogP contribution in [0.3, 0.4) is 0 Å². The Hall–Kier alpha value is -1.13. The van der Waals surface area contributed by atoms with E-state index in [0.717, 1.165) is 4.68 Å². The molecule has 1 rings (SSSR count). The third-order valence-electron chi connectivity index (χ3n) is 0.942. The van der Waals surface area contributed by atoms with Gasteiger partial charge in [0.2, 0.25) is 5.62 Å².